The lowest BCUT2D eigenvalue weighted by molar-refractivity contribution is -0.140. The van der Waals surface area contributed by atoms with E-state index in [9.17, 15) is 26.3 Å². The molecule has 0 heterocycles. The minimum atomic E-state index is -4.86. The Labute approximate surface area is 119 Å². The topological polar surface area (TPSA) is 48.2 Å². The van der Waals surface area contributed by atoms with Gasteiger partial charge in [-0.2, -0.15) is 31.6 Å². The molecule has 0 spiro atoms. The number of nitrogens with zero attached hydrogens (tertiary/aromatic N) is 2. The van der Waals surface area contributed by atoms with Gasteiger partial charge in [-0.1, -0.05) is 11.8 Å². The third kappa shape index (κ3) is 4.56. The van der Waals surface area contributed by atoms with Gasteiger partial charge in [0.1, 0.15) is 0 Å². The quantitative estimate of drug-likeness (QED) is 0.277. The van der Waals surface area contributed by atoms with Crippen LogP contribution in [0.2, 0.25) is 0 Å². The van der Waals surface area contributed by atoms with Crippen LogP contribution in [-0.2, 0) is 12.4 Å². The molecule has 0 radical (unpaired) electrons. The number of aliphatic imine (C=N–C) groups is 1. The van der Waals surface area contributed by atoms with Crippen LogP contribution in [-0.4, -0.2) is 11.4 Å². The number of halogens is 6. The zero-order valence-corrected chi connectivity index (χ0v) is 11.1. The highest BCUT2D eigenvalue weighted by Crippen LogP contribution is 2.40. The SMILES string of the molecule is CSC(=Nc1cc(C(F)(F)F)ccc1C(F)(F)F)NC#N. The Kier molecular flexibility index (Phi) is 5.11. The van der Waals surface area contributed by atoms with E-state index in [0.717, 1.165) is 11.8 Å². The highest BCUT2D eigenvalue weighted by atomic mass is 32.2. The Balaban J connectivity index is 3.47. The fourth-order valence-electron chi connectivity index (χ4n) is 1.32. The monoisotopic (exact) mass is 327 g/mol. The smallest absolute Gasteiger partial charge is 0.271 e. The number of nitrogens with one attached hydrogen (secondary N) is 1. The molecule has 3 nitrogen and oxygen atoms in total. The van der Waals surface area contributed by atoms with Crippen LogP contribution in [0.25, 0.3) is 0 Å². The van der Waals surface area contributed by atoms with E-state index < -0.39 is 29.2 Å². The summed E-state index contributed by atoms with van der Waals surface area (Å²) in [6.07, 6.45) is -6.81. The summed E-state index contributed by atoms with van der Waals surface area (Å²) >= 11 is 0.790. The van der Waals surface area contributed by atoms with Gasteiger partial charge in [0.15, 0.2) is 11.4 Å². The fraction of sp³-hybridized carbons (Fsp3) is 0.273. The summed E-state index contributed by atoms with van der Waals surface area (Å²) in [5.74, 6) is 0. The number of amidine groups is 1. The lowest BCUT2D eigenvalue weighted by atomic mass is 10.1. The van der Waals surface area contributed by atoms with Crippen molar-refractivity contribution in [2.45, 2.75) is 12.4 Å². The number of hydrogen-bond donors (Lipinski definition) is 1. The lowest BCUT2D eigenvalue weighted by Crippen LogP contribution is -2.14. The molecule has 0 aromatic heterocycles. The van der Waals surface area contributed by atoms with Crippen molar-refractivity contribution in [3.63, 3.8) is 0 Å². The van der Waals surface area contributed by atoms with E-state index in [1.807, 2.05) is 5.32 Å². The Bertz CT molecular complexity index is 585. The van der Waals surface area contributed by atoms with Crippen molar-refractivity contribution in [1.29, 1.82) is 5.26 Å². The van der Waals surface area contributed by atoms with Crippen LogP contribution >= 0.6 is 11.8 Å². The molecule has 0 aliphatic rings. The second-order valence-corrected chi connectivity index (χ2v) is 4.38. The van der Waals surface area contributed by atoms with Gasteiger partial charge >= 0.3 is 12.4 Å². The van der Waals surface area contributed by atoms with Crippen molar-refractivity contribution in [2.75, 3.05) is 6.26 Å². The molecule has 0 saturated heterocycles. The van der Waals surface area contributed by atoms with E-state index in [-0.39, 0.29) is 11.2 Å². The molecular weight excluding hydrogens is 320 g/mol. The average Bonchev–Trinajstić information content (AvgIpc) is 2.35. The average molecular weight is 327 g/mol. The minimum Gasteiger partial charge on any atom is -0.271 e. The zero-order valence-electron chi connectivity index (χ0n) is 10.3. The Morgan fingerprint density at radius 3 is 2.24 bits per heavy atom. The van der Waals surface area contributed by atoms with Crippen LogP contribution in [0.1, 0.15) is 11.1 Å². The first-order valence-electron chi connectivity index (χ1n) is 5.16. The van der Waals surface area contributed by atoms with E-state index >= 15 is 0 Å². The summed E-state index contributed by atoms with van der Waals surface area (Å²) in [6.45, 7) is 0. The zero-order chi connectivity index (χ0) is 16.3. The third-order valence-corrected chi connectivity index (χ3v) is 2.79. The molecule has 10 heteroatoms. The van der Waals surface area contributed by atoms with Gasteiger partial charge in [-0.15, -0.1) is 0 Å². The second-order valence-electron chi connectivity index (χ2n) is 3.59. The minimum absolute atomic E-state index is 0.248. The summed E-state index contributed by atoms with van der Waals surface area (Å²) < 4.78 is 76.0. The van der Waals surface area contributed by atoms with Crippen LogP contribution in [0, 0.1) is 11.5 Å². The number of rotatable bonds is 1. The van der Waals surface area contributed by atoms with E-state index in [4.69, 9.17) is 5.26 Å². The van der Waals surface area contributed by atoms with Gasteiger partial charge in [-0.25, -0.2) is 4.99 Å². The Morgan fingerprint density at radius 1 is 1.19 bits per heavy atom. The molecule has 0 unspecified atom stereocenters. The predicted octanol–water partition coefficient (Wildman–Crippen LogP) is 4.15. The van der Waals surface area contributed by atoms with Crippen molar-refractivity contribution >= 4 is 22.6 Å². The summed E-state index contributed by atoms with van der Waals surface area (Å²) in [5.41, 5.74) is -3.49. The molecule has 0 aliphatic carbocycles. The van der Waals surface area contributed by atoms with E-state index in [1.54, 1.807) is 0 Å². The first-order chi connectivity index (χ1) is 9.59. The van der Waals surface area contributed by atoms with Gasteiger partial charge in [0.25, 0.3) is 0 Å². The van der Waals surface area contributed by atoms with Crippen LogP contribution in [0.3, 0.4) is 0 Å². The first-order valence-corrected chi connectivity index (χ1v) is 6.38. The first kappa shape index (κ1) is 17.2. The number of alkyl halides is 6. The molecule has 114 valence electrons. The maximum absolute atomic E-state index is 12.8. The molecule has 0 aliphatic heterocycles. The summed E-state index contributed by atoms with van der Waals surface area (Å²) in [6, 6.07) is 0.933. The van der Waals surface area contributed by atoms with Gasteiger partial charge in [0, 0.05) is 0 Å². The molecule has 0 fully saturated rings. The van der Waals surface area contributed by atoms with Crippen LogP contribution in [0.4, 0.5) is 32.0 Å². The van der Waals surface area contributed by atoms with Gasteiger partial charge in [-0.05, 0) is 24.5 Å². The molecule has 1 N–H and O–H groups in total. The molecule has 0 atom stereocenters. The Morgan fingerprint density at radius 2 is 1.81 bits per heavy atom. The molecule has 0 amide bonds. The second kappa shape index (κ2) is 6.26. The molecule has 0 saturated carbocycles. The van der Waals surface area contributed by atoms with E-state index in [0.29, 0.717) is 12.1 Å². The molecule has 1 rings (SSSR count). The van der Waals surface area contributed by atoms with E-state index in [2.05, 4.69) is 4.99 Å². The molecular formula is C11H7F6N3S. The highest BCUT2D eigenvalue weighted by Gasteiger charge is 2.37. The number of benzene rings is 1. The number of hydrogen-bond acceptors (Lipinski definition) is 3. The summed E-state index contributed by atoms with van der Waals surface area (Å²) in [5, 5.41) is 10.1. The lowest BCUT2D eigenvalue weighted by Gasteiger charge is -2.13. The maximum atomic E-state index is 12.8. The van der Waals surface area contributed by atoms with Crippen molar-refractivity contribution in [1.82, 2.24) is 5.32 Å². The largest absolute Gasteiger partial charge is 0.418 e. The molecule has 1 aromatic rings. The molecule has 1 aromatic carbocycles. The van der Waals surface area contributed by atoms with Gasteiger partial charge in [-0.3, -0.25) is 5.32 Å². The van der Waals surface area contributed by atoms with Crippen molar-refractivity contribution < 1.29 is 26.3 Å². The summed E-state index contributed by atoms with van der Waals surface area (Å²) in [7, 11) is 0. The van der Waals surface area contributed by atoms with Gasteiger partial charge in [0.05, 0.1) is 16.8 Å². The number of nitriles is 1. The maximum Gasteiger partial charge on any atom is 0.418 e. The van der Waals surface area contributed by atoms with E-state index in [1.165, 1.54) is 12.4 Å². The summed E-state index contributed by atoms with van der Waals surface area (Å²) in [4.78, 5) is 3.43. The molecule has 21 heavy (non-hydrogen) atoms. The van der Waals surface area contributed by atoms with Crippen LogP contribution in [0.5, 0.6) is 0 Å². The Hall–Kier alpha value is -1.89. The third-order valence-electron chi connectivity index (χ3n) is 2.21. The predicted molar refractivity (Wildman–Crippen MR) is 65.8 cm³/mol. The molecule has 0 bridgehead atoms. The normalized spacial score (nSPS) is 13.0. The van der Waals surface area contributed by atoms with Gasteiger partial charge < -0.3 is 0 Å². The van der Waals surface area contributed by atoms with Crippen molar-refractivity contribution in [3.05, 3.63) is 29.3 Å². The van der Waals surface area contributed by atoms with Crippen molar-refractivity contribution in [2.24, 2.45) is 4.99 Å². The fourth-order valence-corrected chi connectivity index (χ4v) is 1.66. The standard InChI is InChI=1S/C11H7F6N3S/c1-21-9(19-5-18)20-8-4-6(10(12,13)14)2-3-7(8)11(15,16)17/h2-4H,1H3,(H,19,20). The number of thioether (sulfide) groups is 1. The highest BCUT2D eigenvalue weighted by molar-refractivity contribution is 8.13. The van der Waals surface area contributed by atoms with Crippen molar-refractivity contribution in [3.8, 4) is 6.19 Å². The van der Waals surface area contributed by atoms with Gasteiger partial charge in [0.2, 0.25) is 0 Å². The van der Waals surface area contributed by atoms with Crippen LogP contribution < -0.4 is 5.32 Å². The van der Waals surface area contributed by atoms with Crippen LogP contribution in [0.15, 0.2) is 23.2 Å².